The van der Waals surface area contributed by atoms with Crippen molar-refractivity contribution in [3.8, 4) is 5.75 Å². The van der Waals surface area contributed by atoms with Gasteiger partial charge in [-0.1, -0.05) is 17.7 Å². The van der Waals surface area contributed by atoms with Crippen molar-refractivity contribution in [1.82, 2.24) is 10.6 Å². The highest BCUT2D eigenvalue weighted by atomic mass is 35.5. The lowest BCUT2D eigenvalue weighted by atomic mass is 10.1. The predicted molar refractivity (Wildman–Crippen MR) is 88.2 cm³/mol. The molecule has 0 bridgehead atoms. The van der Waals surface area contributed by atoms with Crippen molar-refractivity contribution in [1.29, 1.82) is 0 Å². The van der Waals surface area contributed by atoms with E-state index in [1.165, 1.54) is 0 Å². The molecule has 0 aromatic heterocycles. The summed E-state index contributed by atoms with van der Waals surface area (Å²) >= 11 is 7.94. The van der Waals surface area contributed by atoms with Gasteiger partial charge in [-0.25, -0.2) is 0 Å². The summed E-state index contributed by atoms with van der Waals surface area (Å²) in [7, 11) is 0. The molecule has 0 radical (unpaired) electrons. The van der Waals surface area contributed by atoms with E-state index in [2.05, 4.69) is 10.6 Å². The first-order valence-corrected chi connectivity index (χ1v) is 8.63. The Labute approximate surface area is 135 Å². The van der Waals surface area contributed by atoms with Crippen LogP contribution in [0.4, 0.5) is 0 Å². The highest BCUT2D eigenvalue weighted by molar-refractivity contribution is 7.99. The van der Waals surface area contributed by atoms with Gasteiger partial charge in [-0.05, 0) is 38.0 Å². The zero-order chi connectivity index (χ0) is 15.2. The highest BCUT2D eigenvalue weighted by Gasteiger charge is 2.21. The SMILES string of the molecule is CC(C)Oc1ccc(CCNC(=O)C2CSCN2)cc1Cl. The quantitative estimate of drug-likeness (QED) is 0.842. The van der Waals surface area contributed by atoms with Gasteiger partial charge in [0.25, 0.3) is 0 Å². The largest absolute Gasteiger partial charge is 0.489 e. The molecular formula is C15H21ClN2O2S. The van der Waals surface area contributed by atoms with Gasteiger partial charge in [0.15, 0.2) is 0 Å². The van der Waals surface area contributed by atoms with Gasteiger partial charge in [-0.2, -0.15) is 0 Å². The number of hydrogen-bond donors (Lipinski definition) is 2. The van der Waals surface area contributed by atoms with Crippen LogP contribution in [0.1, 0.15) is 19.4 Å². The number of halogens is 1. The van der Waals surface area contributed by atoms with E-state index in [-0.39, 0.29) is 18.1 Å². The summed E-state index contributed by atoms with van der Waals surface area (Å²) in [5, 5.41) is 6.72. The monoisotopic (exact) mass is 328 g/mol. The van der Waals surface area contributed by atoms with E-state index < -0.39 is 0 Å². The number of nitrogens with one attached hydrogen (secondary N) is 2. The van der Waals surface area contributed by atoms with Crippen LogP contribution in [-0.2, 0) is 11.2 Å². The number of benzene rings is 1. The van der Waals surface area contributed by atoms with Crippen molar-refractivity contribution in [3.63, 3.8) is 0 Å². The Kier molecular flexibility index (Phi) is 6.21. The average Bonchev–Trinajstić information content (AvgIpc) is 2.95. The van der Waals surface area contributed by atoms with E-state index in [1.54, 1.807) is 11.8 Å². The van der Waals surface area contributed by atoms with Crippen molar-refractivity contribution >= 4 is 29.3 Å². The first-order valence-electron chi connectivity index (χ1n) is 7.10. The van der Waals surface area contributed by atoms with Gasteiger partial charge in [0.2, 0.25) is 5.91 Å². The second kappa shape index (κ2) is 7.92. The lowest BCUT2D eigenvalue weighted by Crippen LogP contribution is -2.42. The van der Waals surface area contributed by atoms with E-state index in [4.69, 9.17) is 16.3 Å². The van der Waals surface area contributed by atoms with Crippen LogP contribution < -0.4 is 15.4 Å². The Hall–Kier alpha value is -0.910. The van der Waals surface area contributed by atoms with Crippen LogP contribution >= 0.6 is 23.4 Å². The topological polar surface area (TPSA) is 50.4 Å². The molecule has 1 aliphatic heterocycles. The Morgan fingerprint density at radius 3 is 3.00 bits per heavy atom. The summed E-state index contributed by atoms with van der Waals surface area (Å²) in [6.07, 6.45) is 0.859. The summed E-state index contributed by atoms with van der Waals surface area (Å²) in [5.74, 6) is 2.47. The maximum atomic E-state index is 11.8. The molecule has 2 N–H and O–H groups in total. The first-order chi connectivity index (χ1) is 10.1. The van der Waals surface area contributed by atoms with Crippen LogP contribution in [0, 0.1) is 0 Å². The molecule has 6 heteroatoms. The summed E-state index contributed by atoms with van der Waals surface area (Å²) in [4.78, 5) is 11.8. The molecule has 1 atom stereocenters. The molecule has 1 saturated heterocycles. The van der Waals surface area contributed by atoms with Crippen LogP contribution in [-0.4, -0.2) is 36.2 Å². The lowest BCUT2D eigenvalue weighted by molar-refractivity contribution is -0.122. The molecule has 2 rings (SSSR count). The lowest BCUT2D eigenvalue weighted by Gasteiger charge is -2.13. The molecular weight excluding hydrogens is 308 g/mol. The van der Waals surface area contributed by atoms with Crippen LogP contribution in [0.15, 0.2) is 18.2 Å². The third kappa shape index (κ3) is 5.09. The zero-order valence-electron chi connectivity index (χ0n) is 12.3. The smallest absolute Gasteiger partial charge is 0.238 e. The Bertz CT molecular complexity index is 491. The fourth-order valence-electron chi connectivity index (χ4n) is 2.07. The van der Waals surface area contributed by atoms with Gasteiger partial charge in [0.05, 0.1) is 17.2 Å². The number of thioether (sulfide) groups is 1. The minimum Gasteiger partial charge on any atom is -0.489 e. The molecule has 1 heterocycles. The fraction of sp³-hybridized carbons (Fsp3) is 0.533. The van der Waals surface area contributed by atoms with Crippen molar-refractivity contribution < 1.29 is 9.53 Å². The van der Waals surface area contributed by atoms with E-state index in [1.807, 2.05) is 32.0 Å². The van der Waals surface area contributed by atoms with Crippen LogP contribution in [0.25, 0.3) is 0 Å². The van der Waals surface area contributed by atoms with Crippen LogP contribution in [0.3, 0.4) is 0 Å². The van der Waals surface area contributed by atoms with Gasteiger partial charge in [0, 0.05) is 18.2 Å². The molecule has 0 saturated carbocycles. The molecule has 1 amide bonds. The summed E-state index contributed by atoms with van der Waals surface area (Å²) in [5.41, 5.74) is 1.09. The molecule has 1 aromatic rings. The molecule has 0 aliphatic carbocycles. The van der Waals surface area contributed by atoms with E-state index in [9.17, 15) is 4.79 Å². The maximum absolute atomic E-state index is 11.8. The van der Waals surface area contributed by atoms with Crippen LogP contribution in [0.5, 0.6) is 5.75 Å². The Morgan fingerprint density at radius 2 is 2.38 bits per heavy atom. The third-order valence-corrected chi connectivity index (χ3v) is 4.34. The zero-order valence-corrected chi connectivity index (χ0v) is 13.9. The normalized spacial score (nSPS) is 18.0. The highest BCUT2D eigenvalue weighted by Crippen LogP contribution is 2.26. The second-order valence-electron chi connectivity index (χ2n) is 5.24. The molecule has 1 aromatic carbocycles. The number of amides is 1. The molecule has 0 spiro atoms. The Balaban J connectivity index is 1.80. The van der Waals surface area contributed by atoms with Crippen molar-refractivity contribution in [2.24, 2.45) is 0 Å². The number of carbonyl (C=O) groups is 1. The van der Waals surface area contributed by atoms with E-state index in [0.717, 1.165) is 23.6 Å². The van der Waals surface area contributed by atoms with E-state index in [0.29, 0.717) is 17.3 Å². The Morgan fingerprint density at radius 1 is 1.57 bits per heavy atom. The molecule has 1 unspecified atom stereocenters. The number of rotatable bonds is 6. The summed E-state index contributed by atoms with van der Waals surface area (Å²) in [6, 6.07) is 5.71. The maximum Gasteiger partial charge on any atom is 0.238 e. The number of hydrogen-bond acceptors (Lipinski definition) is 4. The number of carbonyl (C=O) groups excluding carboxylic acids is 1. The van der Waals surface area contributed by atoms with Crippen molar-refractivity contribution in [2.75, 3.05) is 18.2 Å². The van der Waals surface area contributed by atoms with Gasteiger partial charge in [0.1, 0.15) is 5.75 Å². The van der Waals surface area contributed by atoms with Crippen LogP contribution in [0.2, 0.25) is 5.02 Å². The summed E-state index contributed by atoms with van der Waals surface area (Å²) in [6.45, 7) is 4.55. The molecule has 116 valence electrons. The van der Waals surface area contributed by atoms with Crippen molar-refractivity contribution in [2.45, 2.75) is 32.4 Å². The molecule has 1 aliphatic rings. The number of ether oxygens (including phenoxy) is 1. The van der Waals surface area contributed by atoms with Gasteiger partial charge >= 0.3 is 0 Å². The molecule has 21 heavy (non-hydrogen) atoms. The third-order valence-electron chi connectivity index (χ3n) is 3.10. The standard InChI is InChI=1S/C15H21ClN2O2S/c1-10(2)20-14-4-3-11(7-12(14)16)5-6-17-15(19)13-8-21-9-18-13/h3-4,7,10,13,18H,5-6,8-9H2,1-2H3,(H,17,19). The minimum absolute atomic E-state index is 0.0552. The van der Waals surface area contributed by atoms with Gasteiger partial charge < -0.3 is 10.1 Å². The second-order valence-corrected chi connectivity index (χ2v) is 6.68. The molecule has 1 fully saturated rings. The van der Waals surface area contributed by atoms with Gasteiger partial charge in [-0.3, -0.25) is 10.1 Å². The van der Waals surface area contributed by atoms with Gasteiger partial charge in [-0.15, -0.1) is 11.8 Å². The molecule has 4 nitrogen and oxygen atoms in total. The average molecular weight is 329 g/mol. The van der Waals surface area contributed by atoms with Crippen molar-refractivity contribution in [3.05, 3.63) is 28.8 Å². The first kappa shape index (κ1) is 16.5. The summed E-state index contributed by atoms with van der Waals surface area (Å²) < 4.78 is 5.60. The minimum atomic E-state index is -0.0552. The van der Waals surface area contributed by atoms with E-state index >= 15 is 0 Å². The predicted octanol–water partition coefficient (Wildman–Crippen LogP) is 2.45. The fourth-order valence-corrected chi connectivity index (χ4v) is 3.26.